The van der Waals surface area contributed by atoms with Crippen LogP contribution in [0.15, 0.2) is 0 Å². The Morgan fingerprint density at radius 1 is 1.10 bits per heavy atom. The van der Waals surface area contributed by atoms with E-state index in [0.717, 1.165) is 0 Å². The first-order valence-electron chi connectivity index (χ1n) is 3.71. The first-order valence-corrected chi connectivity index (χ1v) is 5.81. The average molecular weight is 195 g/mol. The maximum absolute atomic E-state index is 2.27. The summed E-state index contributed by atoms with van der Waals surface area (Å²) in [5, 5.41) is 1.38. The molecule has 0 saturated heterocycles. The van der Waals surface area contributed by atoms with Gasteiger partial charge >= 0.3 is 73.9 Å². The molecule has 0 atom stereocenters. The summed E-state index contributed by atoms with van der Waals surface area (Å²) < 4.78 is 0. The van der Waals surface area contributed by atoms with Gasteiger partial charge in [-0.1, -0.05) is 0 Å². The van der Waals surface area contributed by atoms with Crippen LogP contribution in [0.3, 0.4) is 0 Å². The summed E-state index contributed by atoms with van der Waals surface area (Å²) in [4.78, 5) is 4.55. The van der Waals surface area contributed by atoms with Crippen molar-refractivity contribution in [3.8, 4) is 0 Å². The summed E-state index contributed by atoms with van der Waals surface area (Å²) in [6, 6.07) is 0. The molecule has 0 aromatic rings. The fourth-order valence-corrected chi connectivity index (χ4v) is 1.93. The molecular formula is C7H17N2Zn+. The van der Waals surface area contributed by atoms with Gasteiger partial charge in [0.15, 0.2) is 0 Å². The number of hydrogen-bond donors (Lipinski definition) is 0. The van der Waals surface area contributed by atoms with Gasteiger partial charge in [0.05, 0.1) is 0 Å². The average Bonchev–Trinajstić information content (AvgIpc) is 1.81. The maximum atomic E-state index is 2.27. The predicted molar refractivity (Wildman–Crippen MR) is 40.6 cm³/mol. The molecule has 0 aromatic carbocycles. The van der Waals surface area contributed by atoms with Crippen molar-refractivity contribution in [2.24, 2.45) is 0 Å². The van der Waals surface area contributed by atoms with Gasteiger partial charge < -0.3 is 0 Å². The van der Waals surface area contributed by atoms with Gasteiger partial charge in [-0.05, 0) is 0 Å². The SMILES string of the molecule is CN(C)C(C[CH2][Zn+])N(C)C. The molecule has 0 radical (unpaired) electrons. The Morgan fingerprint density at radius 2 is 1.50 bits per heavy atom. The normalized spacial score (nSPS) is 12.1. The van der Waals surface area contributed by atoms with Gasteiger partial charge in [-0.3, -0.25) is 0 Å². The summed E-state index contributed by atoms with van der Waals surface area (Å²) in [7, 11) is 8.56. The van der Waals surface area contributed by atoms with Crippen molar-refractivity contribution in [1.29, 1.82) is 0 Å². The first-order chi connectivity index (χ1) is 4.59. The molecule has 0 spiro atoms. The fourth-order valence-electron chi connectivity index (χ4n) is 1.16. The standard InChI is InChI=1S/C7H17N2.Zn/c1-6-7(8(2)3)9(4)5;/h7H,1,6H2,2-5H3;/q;+1. The molecule has 0 N–H and O–H groups in total. The van der Waals surface area contributed by atoms with Crippen LogP contribution < -0.4 is 0 Å². The van der Waals surface area contributed by atoms with E-state index >= 15 is 0 Å². The molecule has 0 aliphatic rings. The van der Waals surface area contributed by atoms with Crippen LogP contribution in [-0.2, 0) is 18.3 Å². The topological polar surface area (TPSA) is 6.48 Å². The molecule has 10 heavy (non-hydrogen) atoms. The summed E-state index contributed by atoms with van der Waals surface area (Å²) in [5.41, 5.74) is 0. The summed E-state index contributed by atoms with van der Waals surface area (Å²) in [5.74, 6) is 0. The Morgan fingerprint density at radius 3 is 1.60 bits per heavy atom. The number of hydrogen-bond acceptors (Lipinski definition) is 2. The van der Waals surface area contributed by atoms with Crippen molar-refractivity contribution in [1.82, 2.24) is 9.80 Å². The molecule has 0 bridgehead atoms. The molecule has 2 nitrogen and oxygen atoms in total. The van der Waals surface area contributed by atoms with Gasteiger partial charge in [0.25, 0.3) is 0 Å². The van der Waals surface area contributed by atoms with Gasteiger partial charge in [-0.2, -0.15) is 0 Å². The Balaban J connectivity index is 3.73. The van der Waals surface area contributed by atoms with E-state index in [1.54, 1.807) is 0 Å². The van der Waals surface area contributed by atoms with Crippen molar-refractivity contribution in [3.63, 3.8) is 0 Å². The molecule has 0 heterocycles. The second-order valence-electron chi connectivity index (χ2n) is 3.05. The molecule has 0 aliphatic carbocycles. The number of rotatable bonds is 4. The Bertz CT molecular complexity index is 75.7. The van der Waals surface area contributed by atoms with Gasteiger partial charge in [0.2, 0.25) is 0 Å². The van der Waals surface area contributed by atoms with Gasteiger partial charge in [0, 0.05) is 0 Å². The molecule has 0 rings (SSSR count). The van der Waals surface area contributed by atoms with E-state index < -0.39 is 0 Å². The molecule has 0 fully saturated rings. The molecule has 0 saturated carbocycles. The molecule has 3 heteroatoms. The van der Waals surface area contributed by atoms with E-state index in [9.17, 15) is 0 Å². The Kier molecular flexibility index (Phi) is 5.51. The van der Waals surface area contributed by atoms with Gasteiger partial charge in [0.1, 0.15) is 0 Å². The molecule has 0 aromatic heterocycles. The van der Waals surface area contributed by atoms with Crippen LogP contribution in [0.4, 0.5) is 0 Å². The quantitative estimate of drug-likeness (QED) is 0.482. The predicted octanol–water partition coefficient (Wildman–Crippen LogP) is 0.791. The van der Waals surface area contributed by atoms with E-state index in [1.807, 2.05) is 0 Å². The van der Waals surface area contributed by atoms with Crippen LogP contribution in [0.5, 0.6) is 0 Å². The Hall–Kier alpha value is 0.543. The van der Waals surface area contributed by atoms with Crippen molar-refractivity contribution in [3.05, 3.63) is 0 Å². The van der Waals surface area contributed by atoms with Crippen LogP contribution in [0.25, 0.3) is 0 Å². The van der Waals surface area contributed by atoms with Crippen molar-refractivity contribution in [2.75, 3.05) is 28.2 Å². The molecule has 0 unspecified atom stereocenters. The summed E-state index contributed by atoms with van der Waals surface area (Å²) >= 11 is 1.41. The van der Waals surface area contributed by atoms with Gasteiger partial charge in [-0.15, -0.1) is 0 Å². The monoisotopic (exact) mass is 193 g/mol. The number of nitrogens with zero attached hydrogens (tertiary/aromatic N) is 2. The van der Waals surface area contributed by atoms with E-state index in [1.165, 1.54) is 29.7 Å². The van der Waals surface area contributed by atoms with Crippen LogP contribution in [0.2, 0.25) is 5.02 Å². The van der Waals surface area contributed by atoms with E-state index in [4.69, 9.17) is 0 Å². The molecule has 0 amide bonds. The molecule has 0 aliphatic heterocycles. The third kappa shape index (κ3) is 3.65. The first kappa shape index (κ1) is 10.5. The van der Waals surface area contributed by atoms with Crippen molar-refractivity contribution < 1.29 is 18.3 Å². The van der Waals surface area contributed by atoms with Crippen LogP contribution >= 0.6 is 0 Å². The van der Waals surface area contributed by atoms with Crippen molar-refractivity contribution >= 4 is 0 Å². The van der Waals surface area contributed by atoms with E-state index in [2.05, 4.69) is 38.0 Å². The minimum atomic E-state index is 0.633. The third-order valence-electron chi connectivity index (χ3n) is 1.65. The molecular weight excluding hydrogens is 177 g/mol. The van der Waals surface area contributed by atoms with E-state index in [-0.39, 0.29) is 0 Å². The zero-order valence-corrected chi connectivity index (χ0v) is 10.6. The van der Waals surface area contributed by atoms with Gasteiger partial charge in [-0.25, -0.2) is 0 Å². The van der Waals surface area contributed by atoms with Crippen molar-refractivity contribution in [2.45, 2.75) is 17.6 Å². The fraction of sp³-hybridized carbons (Fsp3) is 1.00. The third-order valence-corrected chi connectivity index (χ3v) is 2.51. The van der Waals surface area contributed by atoms with Crippen LogP contribution in [-0.4, -0.2) is 44.2 Å². The molecule has 56 valence electrons. The van der Waals surface area contributed by atoms with Crippen LogP contribution in [0.1, 0.15) is 6.42 Å². The Labute approximate surface area is 74.2 Å². The zero-order chi connectivity index (χ0) is 8.15. The second-order valence-corrected chi connectivity index (χ2v) is 4.53. The zero-order valence-electron chi connectivity index (χ0n) is 7.59. The minimum absolute atomic E-state index is 0.633. The summed E-state index contributed by atoms with van der Waals surface area (Å²) in [6.07, 6.45) is 1.94. The summed E-state index contributed by atoms with van der Waals surface area (Å²) in [6.45, 7) is 0. The van der Waals surface area contributed by atoms with E-state index in [0.29, 0.717) is 6.17 Å². The van der Waals surface area contributed by atoms with Crippen LogP contribution in [0, 0.1) is 0 Å². The second kappa shape index (κ2) is 5.23.